The van der Waals surface area contributed by atoms with Crippen molar-refractivity contribution in [2.75, 3.05) is 0 Å². The third kappa shape index (κ3) is 5.38. The Kier molecular flexibility index (Phi) is 7.92. The van der Waals surface area contributed by atoms with Crippen molar-refractivity contribution in [3.05, 3.63) is 192 Å². The van der Waals surface area contributed by atoms with E-state index in [2.05, 4.69) is 94.1 Å². The maximum Gasteiger partial charge on any atom is 0.0992 e. The van der Waals surface area contributed by atoms with Crippen molar-refractivity contribution >= 4 is 43.6 Å². The van der Waals surface area contributed by atoms with E-state index in [-0.39, 0.29) is 0 Å². The molecule has 0 radical (unpaired) electrons. The second kappa shape index (κ2) is 13.6. The van der Waals surface area contributed by atoms with Gasteiger partial charge in [-0.25, -0.2) is 0 Å². The van der Waals surface area contributed by atoms with Gasteiger partial charge in [-0.3, -0.25) is 0 Å². The molecule has 0 unspecified atom stereocenters. The topological polar surface area (TPSA) is 105 Å². The molecule has 0 aliphatic carbocycles. The average Bonchev–Trinajstić information content (AvgIpc) is 3.80. The smallest absolute Gasteiger partial charge is 0.0992 e. The van der Waals surface area contributed by atoms with Gasteiger partial charge in [-0.1, -0.05) is 78.9 Å². The molecule has 8 aromatic carbocycles. The van der Waals surface area contributed by atoms with Crippen LogP contribution in [0.15, 0.2) is 170 Å². The van der Waals surface area contributed by atoms with E-state index in [9.17, 15) is 21.0 Å². The standard InChI is InChI=1S/C52H28N6/c53-29-33-9-15-37(16-10-33)39-19-23-50-45(27-39)41-5-1-3-7-47(41)57(50)49-22-14-35(31-55)25-44(49)43-21-13-36(32-56)26-52(43)58-48-8-4-2-6-42(48)46-28-40(20-24-51(46)58)38-17-11-34(30-54)12-18-38/h1-28H. The van der Waals surface area contributed by atoms with Crippen LogP contribution in [0.1, 0.15) is 22.3 Å². The van der Waals surface area contributed by atoms with Crippen molar-refractivity contribution < 1.29 is 0 Å². The summed E-state index contributed by atoms with van der Waals surface area (Å²) in [6, 6.07) is 65.5. The number of hydrogen-bond acceptors (Lipinski definition) is 4. The van der Waals surface area contributed by atoms with Crippen LogP contribution in [0.4, 0.5) is 0 Å². The summed E-state index contributed by atoms with van der Waals surface area (Å²) in [5.74, 6) is 0. The van der Waals surface area contributed by atoms with Crippen LogP contribution in [0, 0.1) is 45.3 Å². The van der Waals surface area contributed by atoms with Crippen molar-refractivity contribution in [3.63, 3.8) is 0 Å². The highest BCUT2D eigenvalue weighted by Crippen LogP contribution is 2.42. The van der Waals surface area contributed by atoms with Crippen LogP contribution >= 0.6 is 0 Å². The van der Waals surface area contributed by atoms with Gasteiger partial charge in [0.1, 0.15) is 0 Å². The lowest BCUT2D eigenvalue weighted by Gasteiger charge is -2.19. The summed E-state index contributed by atoms with van der Waals surface area (Å²) in [5, 5.41) is 43.6. The van der Waals surface area contributed by atoms with Crippen molar-refractivity contribution in [1.82, 2.24) is 9.13 Å². The van der Waals surface area contributed by atoms with E-state index in [0.717, 1.165) is 88.4 Å². The Morgan fingerprint density at radius 3 is 1.22 bits per heavy atom. The lowest BCUT2D eigenvalue weighted by Crippen LogP contribution is -2.02. The van der Waals surface area contributed by atoms with Crippen LogP contribution in [0.5, 0.6) is 0 Å². The first-order valence-corrected chi connectivity index (χ1v) is 18.7. The molecule has 266 valence electrons. The fourth-order valence-corrected chi connectivity index (χ4v) is 8.33. The third-order valence-electron chi connectivity index (χ3n) is 11.1. The number of fused-ring (bicyclic) bond motifs is 6. The Balaban J connectivity index is 1.23. The van der Waals surface area contributed by atoms with Crippen LogP contribution in [-0.4, -0.2) is 9.13 Å². The fraction of sp³-hybridized carbons (Fsp3) is 0. The van der Waals surface area contributed by atoms with Gasteiger partial charge < -0.3 is 9.13 Å². The molecule has 0 amide bonds. The summed E-state index contributed by atoms with van der Waals surface area (Å²) in [7, 11) is 0. The largest absolute Gasteiger partial charge is 0.309 e. The monoisotopic (exact) mass is 736 g/mol. The van der Waals surface area contributed by atoms with Gasteiger partial charge in [-0.05, 0) is 113 Å². The number of benzene rings is 8. The van der Waals surface area contributed by atoms with Gasteiger partial charge in [0.15, 0.2) is 0 Å². The van der Waals surface area contributed by atoms with Crippen LogP contribution in [0.2, 0.25) is 0 Å². The molecule has 0 fully saturated rings. The van der Waals surface area contributed by atoms with E-state index in [4.69, 9.17) is 0 Å². The number of rotatable bonds is 5. The van der Waals surface area contributed by atoms with E-state index in [1.165, 1.54) is 0 Å². The molecular weight excluding hydrogens is 709 g/mol. The molecule has 10 rings (SSSR count). The Morgan fingerprint density at radius 2 is 0.707 bits per heavy atom. The Bertz CT molecular complexity index is 3480. The molecule has 2 aromatic heterocycles. The molecule has 58 heavy (non-hydrogen) atoms. The Morgan fingerprint density at radius 1 is 0.293 bits per heavy atom. The summed E-state index contributed by atoms with van der Waals surface area (Å²) in [4.78, 5) is 0. The fourth-order valence-electron chi connectivity index (χ4n) is 8.33. The van der Waals surface area contributed by atoms with Gasteiger partial charge in [0.2, 0.25) is 0 Å². The molecule has 2 heterocycles. The summed E-state index contributed by atoms with van der Waals surface area (Å²) < 4.78 is 4.49. The lowest BCUT2D eigenvalue weighted by molar-refractivity contribution is 1.16. The number of nitriles is 4. The summed E-state index contributed by atoms with van der Waals surface area (Å²) in [6.07, 6.45) is 0. The van der Waals surface area contributed by atoms with E-state index >= 15 is 0 Å². The van der Waals surface area contributed by atoms with Crippen LogP contribution in [-0.2, 0) is 0 Å². The van der Waals surface area contributed by atoms with Gasteiger partial charge in [-0.2, -0.15) is 21.0 Å². The van der Waals surface area contributed by atoms with Crippen molar-refractivity contribution in [1.29, 1.82) is 21.0 Å². The normalized spacial score (nSPS) is 11.0. The quantitative estimate of drug-likeness (QED) is 0.175. The average molecular weight is 737 g/mol. The minimum absolute atomic E-state index is 0.518. The van der Waals surface area contributed by atoms with E-state index in [0.29, 0.717) is 22.3 Å². The second-order valence-corrected chi connectivity index (χ2v) is 14.2. The molecule has 6 nitrogen and oxygen atoms in total. The molecule has 6 heteroatoms. The molecule has 0 saturated heterocycles. The maximum absolute atomic E-state index is 10.3. The second-order valence-electron chi connectivity index (χ2n) is 14.2. The number of hydrogen-bond donors (Lipinski definition) is 0. The summed E-state index contributed by atoms with van der Waals surface area (Å²) >= 11 is 0. The van der Waals surface area contributed by atoms with Crippen LogP contribution in [0.3, 0.4) is 0 Å². The predicted molar refractivity (Wildman–Crippen MR) is 230 cm³/mol. The molecular formula is C52H28N6. The molecule has 0 aliphatic heterocycles. The number of para-hydroxylation sites is 2. The Hall–Kier alpha value is -8.68. The highest BCUT2D eigenvalue weighted by Gasteiger charge is 2.22. The van der Waals surface area contributed by atoms with Gasteiger partial charge in [0, 0.05) is 32.7 Å². The zero-order valence-electron chi connectivity index (χ0n) is 30.8. The van der Waals surface area contributed by atoms with E-state index in [1.807, 2.05) is 109 Å². The molecule has 0 spiro atoms. The SMILES string of the molecule is N#Cc1ccc(-c2ccc3c(c2)c2ccccc2n3-c2ccc(C#N)cc2-c2ccc(C#N)cc2-n2c3ccccc3c3cc(-c4ccc(C#N)cc4)ccc32)cc1. The zero-order valence-corrected chi connectivity index (χ0v) is 30.8. The highest BCUT2D eigenvalue weighted by molar-refractivity contribution is 6.12. The maximum atomic E-state index is 10.3. The van der Waals surface area contributed by atoms with E-state index < -0.39 is 0 Å². The predicted octanol–water partition coefficient (Wildman–Crippen LogP) is 12.4. The van der Waals surface area contributed by atoms with Gasteiger partial charge >= 0.3 is 0 Å². The summed E-state index contributed by atoms with van der Waals surface area (Å²) in [5.41, 5.74) is 13.8. The third-order valence-corrected chi connectivity index (χ3v) is 11.1. The van der Waals surface area contributed by atoms with Crippen molar-refractivity contribution in [2.45, 2.75) is 0 Å². The number of aromatic nitrogens is 2. The first-order valence-electron chi connectivity index (χ1n) is 18.7. The van der Waals surface area contributed by atoms with Crippen molar-refractivity contribution in [3.8, 4) is 69.0 Å². The van der Waals surface area contributed by atoms with E-state index in [1.54, 1.807) is 0 Å². The first kappa shape index (κ1) is 33.9. The zero-order chi connectivity index (χ0) is 39.3. The lowest BCUT2D eigenvalue weighted by atomic mass is 9.97. The van der Waals surface area contributed by atoms with Gasteiger partial charge in [0.05, 0.1) is 80.0 Å². The molecule has 0 N–H and O–H groups in total. The summed E-state index contributed by atoms with van der Waals surface area (Å²) in [6.45, 7) is 0. The van der Waals surface area contributed by atoms with Crippen molar-refractivity contribution in [2.24, 2.45) is 0 Å². The Labute approximate surface area is 333 Å². The van der Waals surface area contributed by atoms with Crippen LogP contribution in [0.25, 0.3) is 88.4 Å². The van der Waals surface area contributed by atoms with Gasteiger partial charge in [0.25, 0.3) is 0 Å². The molecule has 0 saturated carbocycles. The number of nitrogens with zero attached hydrogens (tertiary/aromatic N) is 6. The minimum Gasteiger partial charge on any atom is -0.309 e. The minimum atomic E-state index is 0.518. The molecule has 0 atom stereocenters. The molecule has 0 aliphatic rings. The van der Waals surface area contributed by atoms with Crippen LogP contribution < -0.4 is 0 Å². The molecule has 0 bridgehead atoms. The molecule has 10 aromatic rings. The highest BCUT2D eigenvalue weighted by atomic mass is 15.0. The van der Waals surface area contributed by atoms with Gasteiger partial charge in [-0.15, -0.1) is 0 Å². The first-order chi connectivity index (χ1) is 28.6.